The highest BCUT2D eigenvalue weighted by Crippen LogP contribution is 2.39. The Bertz CT molecular complexity index is 1410. The van der Waals surface area contributed by atoms with Crippen LogP contribution in [-0.4, -0.2) is 26.1 Å². The number of carbonyl (C=O) groups is 1. The molecule has 0 saturated carbocycles. The standard InChI is InChI=1S/C22H17N3O5S2/c1-13-6-8-14(9-7-13)32(27,28)25-16-5-3-2-4-15(16)21(26)24-22-23-17-10-18-19(30-12-29-18)11-20(17)31-22/h2-11,25H,12H2,1H3,(H,23,24,26). The number of benzene rings is 3. The fourth-order valence-electron chi connectivity index (χ4n) is 3.23. The molecular weight excluding hydrogens is 450 g/mol. The van der Waals surface area contributed by atoms with Gasteiger partial charge in [0.25, 0.3) is 15.9 Å². The molecule has 0 bridgehead atoms. The normalized spacial score (nSPS) is 12.7. The first-order valence-electron chi connectivity index (χ1n) is 9.59. The van der Waals surface area contributed by atoms with Gasteiger partial charge in [-0.1, -0.05) is 41.2 Å². The van der Waals surface area contributed by atoms with Crippen LogP contribution in [0.4, 0.5) is 10.8 Å². The van der Waals surface area contributed by atoms with Crippen LogP contribution in [0.1, 0.15) is 15.9 Å². The van der Waals surface area contributed by atoms with E-state index in [0.717, 1.165) is 10.3 Å². The molecule has 0 saturated heterocycles. The van der Waals surface area contributed by atoms with Gasteiger partial charge < -0.3 is 9.47 Å². The Labute approximate surface area is 187 Å². The van der Waals surface area contributed by atoms with Gasteiger partial charge in [0.1, 0.15) is 0 Å². The second-order valence-electron chi connectivity index (χ2n) is 7.11. The molecule has 0 fully saturated rings. The highest BCUT2D eigenvalue weighted by Gasteiger charge is 2.21. The summed E-state index contributed by atoms with van der Waals surface area (Å²) in [7, 11) is -3.86. The first-order chi connectivity index (χ1) is 15.4. The van der Waals surface area contributed by atoms with Crippen molar-refractivity contribution in [3.05, 3.63) is 71.8 Å². The Kier molecular flexibility index (Phi) is 4.95. The third-order valence-corrected chi connectivity index (χ3v) is 7.17. The van der Waals surface area contributed by atoms with Crippen molar-refractivity contribution < 1.29 is 22.7 Å². The van der Waals surface area contributed by atoms with E-state index in [9.17, 15) is 13.2 Å². The van der Waals surface area contributed by atoms with E-state index >= 15 is 0 Å². The van der Waals surface area contributed by atoms with Crippen molar-refractivity contribution in [3.8, 4) is 11.5 Å². The van der Waals surface area contributed by atoms with E-state index in [1.54, 1.807) is 36.4 Å². The lowest BCUT2D eigenvalue weighted by atomic mass is 10.2. The first-order valence-corrected chi connectivity index (χ1v) is 11.9. The lowest BCUT2D eigenvalue weighted by Gasteiger charge is -2.12. The molecule has 0 spiro atoms. The van der Waals surface area contributed by atoms with Gasteiger partial charge in [0.05, 0.1) is 26.4 Å². The monoisotopic (exact) mass is 467 g/mol. The van der Waals surface area contributed by atoms with Crippen molar-refractivity contribution >= 4 is 48.3 Å². The van der Waals surface area contributed by atoms with Crippen LogP contribution in [0, 0.1) is 6.92 Å². The highest BCUT2D eigenvalue weighted by atomic mass is 32.2. The Morgan fingerprint density at radius 3 is 2.53 bits per heavy atom. The van der Waals surface area contributed by atoms with E-state index in [-0.39, 0.29) is 22.9 Å². The average molecular weight is 468 g/mol. The third-order valence-electron chi connectivity index (χ3n) is 4.85. The summed E-state index contributed by atoms with van der Waals surface area (Å²) in [5.41, 5.74) is 1.97. The number of sulfonamides is 1. The molecule has 3 aromatic carbocycles. The molecule has 2 N–H and O–H groups in total. The summed E-state index contributed by atoms with van der Waals surface area (Å²) < 4.78 is 39.6. The molecule has 32 heavy (non-hydrogen) atoms. The number of rotatable bonds is 5. The quantitative estimate of drug-likeness (QED) is 0.451. The van der Waals surface area contributed by atoms with Gasteiger partial charge in [-0.05, 0) is 31.2 Å². The number of thiazole rings is 1. The Morgan fingerprint density at radius 1 is 1.03 bits per heavy atom. The SMILES string of the molecule is Cc1ccc(S(=O)(=O)Nc2ccccc2C(=O)Nc2nc3cc4c(cc3s2)OCO4)cc1. The van der Waals surface area contributed by atoms with Crippen LogP contribution < -0.4 is 19.5 Å². The number of hydrogen-bond donors (Lipinski definition) is 2. The van der Waals surface area contributed by atoms with E-state index in [0.29, 0.717) is 22.1 Å². The first kappa shape index (κ1) is 20.3. The molecule has 0 atom stereocenters. The number of fused-ring (bicyclic) bond motifs is 2. The van der Waals surface area contributed by atoms with E-state index < -0.39 is 15.9 Å². The molecule has 0 radical (unpaired) electrons. The summed E-state index contributed by atoms with van der Waals surface area (Å²) in [6.45, 7) is 2.05. The number of amides is 1. The second-order valence-corrected chi connectivity index (χ2v) is 9.82. The summed E-state index contributed by atoms with van der Waals surface area (Å²) in [5.74, 6) is 0.762. The summed E-state index contributed by atoms with van der Waals surface area (Å²) in [4.78, 5) is 17.5. The molecule has 2 heterocycles. The van der Waals surface area contributed by atoms with E-state index in [4.69, 9.17) is 9.47 Å². The van der Waals surface area contributed by atoms with Gasteiger partial charge in [0.2, 0.25) is 6.79 Å². The van der Waals surface area contributed by atoms with Gasteiger partial charge in [-0.2, -0.15) is 0 Å². The van der Waals surface area contributed by atoms with Crippen molar-refractivity contribution in [2.45, 2.75) is 11.8 Å². The van der Waals surface area contributed by atoms with Crippen LogP contribution in [0.15, 0.2) is 65.6 Å². The zero-order valence-corrected chi connectivity index (χ0v) is 18.4. The average Bonchev–Trinajstić information content (AvgIpc) is 3.37. The number of aromatic nitrogens is 1. The van der Waals surface area contributed by atoms with E-state index in [1.165, 1.54) is 29.5 Å². The Balaban J connectivity index is 1.40. The molecule has 162 valence electrons. The predicted octanol–water partition coefficient (Wildman–Crippen LogP) is 4.39. The summed E-state index contributed by atoms with van der Waals surface area (Å²) in [5, 5.41) is 3.13. The number of anilines is 2. The zero-order valence-electron chi connectivity index (χ0n) is 16.8. The molecule has 8 nitrogen and oxygen atoms in total. The van der Waals surface area contributed by atoms with Gasteiger partial charge in [-0.15, -0.1) is 0 Å². The minimum Gasteiger partial charge on any atom is -0.454 e. The lowest BCUT2D eigenvalue weighted by Crippen LogP contribution is -2.18. The van der Waals surface area contributed by atoms with Crippen LogP contribution in [0.25, 0.3) is 10.2 Å². The number of para-hydroxylation sites is 1. The van der Waals surface area contributed by atoms with Crippen LogP contribution in [0.2, 0.25) is 0 Å². The van der Waals surface area contributed by atoms with Crippen LogP contribution in [0.5, 0.6) is 11.5 Å². The molecule has 1 aromatic heterocycles. The molecule has 0 unspecified atom stereocenters. The minimum absolute atomic E-state index is 0.113. The van der Waals surface area contributed by atoms with Crippen LogP contribution >= 0.6 is 11.3 Å². The number of aryl methyl sites for hydroxylation is 1. The second kappa shape index (κ2) is 7.81. The van der Waals surface area contributed by atoms with Crippen LogP contribution in [0.3, 0.4) is 0 Å². The Morgan fingerprint density at radius 2 is 1.75 bits per heavy atom. The molecule has 1 aliphatic rings. The van der Waals surface area contributed by atoms with Crippen LogP contribution in [-0.2, 0) is 10.0 Å². The zero-order chi connectivity index (χ0) is 22.3. The molecule has 0 aliphatic carbocycles. The van der Waals surface area contributed by atoms with E-state index in [2.05, 4.69) is 15.0 Å². The molecule has 5 rings (SSSR count). The van der Waals surface area contributed by atoms with Gasteiger partial charge in [0.15, 0.2) is 16.6 Å². The van der Waals surface area contributed by atoms with E-state index in [1.807, 2.05) is 13.0 Å². The van der Waals surface area contributed by atoms with Crippen molar-refractivity contribution in [1.29, 1.82) is 0 Å². The number of carbonyl (C=O) groups excluding carboxylic acids is 1. The number of nitrogens with one attached hydrogen (secondary N) is 2. The molecule has 1 amide bonds. The topological polar surface area (TPSA) is 107 Å². The smallest absolute Gasteiger partial charge is 0.261 e. The molecular formula is C22H17N3O5S2. The predicted molar refractivity (Wildman–Crippen MR) is 122 cm³/mol. The molecule has 4 aromatic rings. The maximum absolute atomic E-state index is 13.0. The fraction of sp³-hybridized carbons (Fsp3) is 0.0909. The van der Waals surface area contributed by atoms with Gasteiger partial charge in [-0.25, -0.2) is 13.4 Å². The maximum Gasteiger partial charge on any atom is 0.261 e. The fourth-order valence-corrected chi connectivity index (χ4v) is 5.18. The third kappa shape index (κ3) is 3.85. The largest absolute Gasteiger partial charge is 0.454 e. The Hall–Kier alpha value is -3.63. The molecule has 10 heteroatoms. The minimum atomic E-state index is -3.86. The number of nitrogens with zero attached hydrogens (tertiary/aromatic N) is 1. The van der Waals surface area contributed by atoms with Gasteiger partial charge in [0, 0.05) is 12.1 Å². The lowest BCUT2D eigenvalue weighted by molar-refractivity contribution is 0.102. The van der Waals surface area contributed by atoms with Gasteiger partial charge in [-0.3, -0.25) is 14.8 Å². The highest BCUT2D eigenvalue weighted by molar-refractivity contribution is 7.92. The summed E-state index contributed by atoms with van der Waals surface area (Å²) >= 11 is 1.29. The van der Waals surface area contributed by atoms with Crippen molar-refractivity contribution in [2.24, 2.45) is 0 Å². The summed E-state index contributed by atoms with van der Waals surface area (Å²) in [6.07, 6.45) is 0. The maximum atomic E-state index is 13.0. The number of hydrogen-bond acceptors (Lipinski definition) is 7. The van der Waals surface area contributed by atoms with Gasteiger partial charge >= 0.3 is 0 Å². The van der Waals surface area contributed by atoms with Crippen molar-refractivity contribution in [2.75, 3.05) is 16.8 Å². The van der Waals surface area contributed by atoms with Crippen molar-refractivity contribution in [1.82, 2.24) is 4.98 Å². The number of ether oxygens (including phenoxy) is 2. The molecule has 1 aliphatic heterocycles. The van der Waals surface area contributed by atoms with Crippen molar-refractivity contribution in [3.63, 3.8) is 0 Å². The summed E-state index contributed by atoms with van der Waals surface area (Å²) in [6, 6.07) is 16.4.